The smallest absolute Gasteiger partial charge is 0.402 e. The maximum Gasteiger partial charge on any atom is 0.402 e. The number of nitrogens with two attached hydrogens (primary N) is 1. The highest BCUT2D eigenvalue weighted by atomic mass is 32.2. The van der Waals surface area contributed by atoms with Gasteiger partial charge in [0.15, 0.2) is 5.84 Å². The molecule has 0 unspecified atom stereocenters. The minimum atomic E-state index is -4.63. The molecule has 0 saturated heterocycles. The number of amidine groups is 1. The lowest BCUT2D eigenvalue weighted by Crippen LogP contribution is -2.41. The SMILES string of the molecule is N/C(=N/O)c1ccc(CNS(=O)(=O)NCC(F)(F)F)cc1. The fourth-order valence-electron chi connectivity index (χ4n) is 1.26. The van der Waals surface area contributed by atoms with Crippen molar-refractivity contribution in [1.82, 2.24) is 9.44 Å². The van der Waals surface area contributed by atoms with Crippen LogP contribution in [-0.2, 0) is 16.8 Å². The van der Waals surface area contributed by atoms with Crippen molar-refractivity contribution in [3.63, 3.8) is 0 Å². The quantitative estimate of drug-likeness (QED) is 0.260. The molecule has 1 aromatic rings. The van der Waals surface area contributed by atoms with Crippen LogP contribution in [0.3, 0.4) is 0 Å². The van der Waals surface area contributed by atoms with Crippen molar-refractivity contribution < 1.29 is 26.8 Å². The van der Waals surface area contributed by atoms with Crippen LogP contribution in [0.25, 0.3) is 0 Å². The summed E-state index contributed by atoms with van der Waals surface area (Å²) in [6, 6.07) is 5.92. The number of nitrogens with one attached hydrogen (secondary N) is 2. The van der Waals surface area contributed by atoms with E-state index in [1.165, 1.54) is 29.0 Å². The van der Waals surface area contributed by atoms with Gasteiger partial charge in [0, 0.05) is 12.1 Å². The van der Waals surface area contributed by atoms with Gasteiger partial charge >= 0.3 is 6.18 Å². The maximum absolute atomic E-state index is 11.9. The van der Waals surface area contributed by atoms with Crippen LogP contribution < -0.4 is 15.2 Å². The van der Waals surface area contributed by atoms with Crippen LogP contribution in [0.15, 0.2) is 29.4 Å². The molecule has 5 N–H and O–H groups in total. The van der Waals surface area contributed by atoms with E-state index in [0.29, 0.717) is 11.1 Å². The second kappa shape index (κ2) is 6.74. The fourth-order valence-corrected chi connectivity index (χ4v) is 2.07. The summed E-state index contributed by atoms with van der Waals surface area (Å²) in [5, 5.41) is 11.3. The van der Waals surface area contributed by atoms with Crippen LogP contribution in [0.1, 0.15) is 11.1 Å². The summed E-state index contributed by atoms with van der Waals surface area (Å²) < 4.78 is 61.6. The van der Waals surface area contributed by atoms with Crippen molar-refractivity contribution >= 4 is 16.0 Å². The summed E-state index contributed by atoms with van der Waals surface area (Å²) in [7, 11) is -4.25. The number of halogens is 3. The Balaban J connectivity index is 2.59. The van der Waals surface area contributed by atoms with Gasteiger partial charge < -0.3 is 10.9 Å². The highest BCUT2D eigenvalue weighted by Gasteiger charge is 2.29. The van der Waals surface area contributed by atoms with Crippen LogP contribution in [-0.4, -0.2) is 32.2 Å². The molecule has 0 heterocycles. The van der Waals surface area contributed by atoms with Crippen molar-refractivity contribution in [1.29, 1.82) is 0 Å². The van der Waals surface area contributed by atoms with Gasteiger partial charge in [-0.05, 0) is 5.56 Å². The first-order valence-electron chi connectivity index (χ1n) is 5.51. The number of rotatable bonds is 6. The van der Waals surface area contributed by atoms with Gasteiger partial charge in [-0.15, -0.1) is 0 Å². The molecule has 7 nitrogen and oxygen atoms in total. The summed E-state index contributed by atoms with van der Waals surface area (Å²) >= 11 is 0. The fraction of sp³-hybridized carbons (Fsp3) is 0.300. The zero-order chi connectivity index (χ0) is 16.1. The summed E-state index contributed by atoms with van der Waals surface area (Å²) in [6.07, 6.45) is -4.63. The number of hydrogen-bond acceptors (Lipinski definition) is 4. The normalized spacial score (nSPS) is 13.4. The van der Waals surface area contributed by atoms with Gasteiger partial charge in [0.2, 0.25) is 0 Å². The van der Waals surface area contributed by atoms with Gasteiger partial charge in [-0.25, -0.2) is 0 Å². The molecule has 0 spiro atoms. The molecule has 0 radical (unpaired) electrons. The molecular weight excluding hydrogens is 313 g/mol. The molecule has 118 valence electrons. The molecule has 0 saturated carbocycles. The number of nitrogens with zero attached hydrogens (tertiary/aromatic N) is 1. The summed E-state index contributed by atoms with van der Waals surface area (Å²) in [6.45, 7) is -1.85. The van der Waals surface area contributed by atoms with E-state index in [4.69, 9.17) is 10.9 Å². The molecule has 0 aromatic heterocycles. The number of oxime groups is 1. The van der Waals surface area contributed by atoms with Crippen molar-refractivity contribution in [3.05, 3.63) is 35.4 Å². The Labute approximate surface area is 118 Å². The first-order chi connectivity index (χ1) is 9.63. The minimum absolute atomic E-state index is 0.117. The first-order valence-corrected chi connectivity index (χ1v) is 6.99. The molecule has 11 heteroatoms. The lowest BCUT2D eigenvalue weighted by molar-refractivity contribution is -0.121. The van der Waals surface area contributed by atoms with E-state index in [0.717, 1.165) is 0 Å². The average Bonchev–Trinajstić information content (AvgIpc) is 2.42. The molecule has 0 aliphatic rings. The third-order valence-electron chi connectivity index (χ3n) is 2.29. The predicted octanol–water partition coefficient (Wildman–Crippen LogP) is 0.267. The van der Waals surface area contributed by atoms with Gasteiger partial charge in [-0.2, -0.15) is 31.0 Å². The van der Waals surface area contributed by atoms with E-state index in [1.54, 1.807) is 0 Å². The number of benzene rings is 1. The maximum atomic E-state index is 11.9. The monoisotopic (exact) mass is 326 g/mol. The second-order valence-corrected chi connectivity index (χ2v) is 5.53. The highest BCUT2D eigenvalue weighted by Crippen LogP contribution is 2.12. The Kier molecular flexibility index (Phi) is 5.52. The zero-order valence-electron chi connectivity index (χ0n) is 10.6. The van der Waals surface area contributed by atoms with Crippen molar-refractivity contribution in [2.45, 2.75) is 12.7 Å². The van der Waals surface area contributed by atoms with Gasteiger partial charge in [0.25, 0.3) is 10.2 Å². The minimum Gasteiger partial charge on any atom is -0.409 e. The Bertz CT molecular complexity index is 599. The largest absolute Gasteiger partial charge is 0.409 e. The average molecular weight is 326 g/mol. The molecule has 0 bridgehead atoms. The van der Waals surface area contributed by atoms with Crippen molar-refractivity contribution in [2.24, 2.45) is 10.9 Å². The standard InChI is InChI=1S/C10H13F3N4O3S/c11-10(12,13)6-16-21(19,20)15-5-7-1-3-8(4-2-7)9(14)17-18/h1-4,15-16,18H,5-6H2,(H2,14,17). The van der Waals surface area contributed by atoms with Gasteiger partial charge in [-0.3, -0.25) is 0 Å². The molecular formula is C10H13F3N4O3S. The van der Waals surface area contributed by atoms with E-state index in [9.17, 15) is 21.6 Å². The van der Waals surface area contributed by atoms with Crippen molar-refractivity contribution in [2.75, 3.05) is 6.54 Å². The van der Waals surface area contributed by atoms with Gasteiger partial charge in [-0.1, -0.05) is 29.4 Å². The molecule has 1 rings (SSSR count). The van der Waals surface area contributed by atoms with Gasteiger partial charge in [0.1, 0.15) is 6.54 Å². The Hall–Kier alpha value is -1.85. The molecule has 1 aromatic carbocycles. The lowest BCUT2D eigenvalue weighted by atomic mass is 10.1. The Morgan fingerprint density at radius 1 is 1.24 bits per heavy atom. The molecule has 0 aliphatic carbocycles. The Morgan fingerprint density at radius 3 is 2.29 bits per heavy atom. The van der Waals surface area contributed by atoms with E-state index in [1.807, 2.05) is 4.72 Å². The number of alkyl halides is 3. The predicted molar refractivity (Wildman–Crippen MR) is 68.8 cm³/mol. The number of hydrogen-bond donors (Lipinski definition) is 4. The highest BCUT2D eigenvalue weighted by molar-refractivity contribution is 7.87. The second-order valence-electron chi connectivity index (χ2n) is 3.94. The third kappa shape index (κ3) is 6.42. The molecule has 0 amide bonds. The van der Waals surface area contributed by atoms with Crippen LogP contribution in [0.5, 0.6) is 0 Å². The first kappa shape index (κ1) is 17.2. The van der Waals surface area contributed by atoms with E-state index in [2.05, 4.69) is 5.16 Å². The summed E-state index contributed by atoms with van der Waals surface area (Å²) in [5.41, 5.74) is 6.24. The van der Waals surface area contributed by atoms with E-state index >= 15 is 0 Å². The topological polar surface area (TPSA) is 117 Å². The van der Waals surface area contributed by atoms with Gasteiger partial charge in [0.05, 0.1) is 0 Å². The molecule has 0 atom stereocenters. The molecule has 21 heavy (non-hydrogen) atoms. The van der Waals surface area contributed by atoms with Crippen molar-refractivity contribution in [3.8, 4) is 0 Å². The lowest BCUT2D eigenvalue weighted by Gasteiger charge is -2.10. The van der Waals surface area contributed by atoms with Crippen LogP contribution in [0, 0.1) is 0 Å². The van der Waals surface area contributed by atoms with E-state index in [-0.39, 0.29) is 12.4 Å². The summed E-state index contributed by atoms with van der Waals surface area (Å²) in [5.74, 6) is -0.117. The van der Waals surface area contributed by atoms with Crippen LogP contribution in [0.2, 0.25) is 0 Å². The van der Waals surface area contributed by atoms with E-state index < -0.39 is 22.9 Å². The van der Waals surface area contributed by atoms with Crippen LogP contribution in [0.4, 0.5) is 13.2 Å². The molecule has 0 fully saturated rings. The third-order valence-corrected chi connectivity index (χ3v) is 3.34. The zero-order valence-corrected chi connectivity index (χ0v) is 11.4. The summed E-state index contributed by atoms with van der Waals surface area (Å²) in [4.78, 5) is 0. The molecule has 0 aliphatic heterocycles. The Morgan fingerprint density at radius 2 is 1.81 bits per heavy atom. The van der Waals surface area contributed by atoms with Crippen LogP contribution >= 0.6 is 0 Å².